The Bertz CT molecular complexity index is 786. The summed E-state index contributed by atoms with van der Waals surface area (Å²) in [5, 5.41) is 3.59. The first-order valence-electron chi connectivity index (χ1n) is 9.80. The number of nitrogens with zero attached hydrogens (tertiary/aromatic N) is 4. The molecule has 4 rings (SSSR count). The maximum atomic E-state index is 13.2. The molecule has 0 spiro atoms. The van der Waals surface area contributed by atoms with Gasteiger partial charge in [0.15, 0.2) is 5.96 Å². The molecule has 2 heterocycles. The third kappa shape index (κ3) is 4.34. The molecule has 0 bridgehead atoms. The molecule has 1 aromatic carbocycles. The SMILES string of the molecule is CN=C(NCC1(c2ccc(F)cc2)CC1)N1CCC(C)C(n2ccnc2)C1.I. The zero-order valence-corrected chi connectivity index (χ0v) is 18.8. The summed E-state index contributed by atoms with van der Waals surface area (Å²) in [5.74, 6) is 1.40. The van der Waals surface area contributed by atoms with Crippen molar-refractivity contribution in [2.45, 2.75) is 37.6 Å². The van der Waals surface area contributed by atoms with Gasteiger partial charge in [-0.25, -0.2) is 9.37 Å². The van der Waals surface area contributed by atoms with Gasteiger partial charge >= 0.3 is 0 Å². The highest BCUT2D eigenvalue weighted by molar-refractivity contribution is 14.0. The Morgan fingerprint density at radius 2 is 2.07 bits per heavy atom. The van der Waals surface area contributed by atoms with Gasteiger partial charge in [-0.15, -0.1) is 24.0 Å². The van der Waals surface area contributed by atoms with Gasteiger partial charge < -0.3 is 14.8 Å². The van der Waals surface area contributed by atoms with Crippen molar-refractivity contribution in [2.75, 3.05) is 26.7 Å². The molecule has 0 radical (unpaired) electrons. The number of likely N-dealkylation sites (tertiary alicyclic amines) is 1. The zero-order chi connectivity index (χ0) is 18.9. The monoisotopic (exact) mass is 497 g/mol. The number of rotatable bonds is 4. The van der Waals surface area contributed by atoms with Crippen LogP contribution in [-0.4, -0.2) is 47.1 Å². The van der Waals surface area contributed by atoms with E-state index < -0.39 is 0 Å². The minimum atomic E-state index is -0.175. The molecular formula is C21H29FIN5. The molecule has 1 aromatic heterocycles. The Balaban J connectivity index is 0.00000225. The molecule has 2 fully saturated rings. The van der Waals surface area contributed by atoms with Crippen molar-refractivity contribution in [3.05, 3.63) is 54.4 Å². The molecule has 152 valence electrons. The van der Waals surface area contributed by atoms with Gasteiger partial charge in [-0.1, -0.05) is 19.1 Å². The highest BCUT2D eigenvalue weighted by Crippen LogP contribution is 2.47. The molecule has 2 unspecified atom stereocenters. The lowest BCUT2D eigenvalue weighted by atomic mass is 9.93. The van der Waals surface area contributed by atoms with E-state index in [1.54, 1.807) is 12.1 Å². The van der Waals surface area contributed by atoms with Crippen LogP contribution in [0.15, 0.2) is 48.0 Å². The van der Waals surface area contributed by atoms with Crippen LogP contribution in [0.1, 0.15) is 37.8 Å². The van der Waals surface area contributed by atoms with Crippen molar-refractivity contribution in [3.63, 3.8) is 0 Å². The molecule has 2 atom stereocenters. The van der Waals surface area contributed by atoms with Crippen LogP contribution in [0.3, 0.4) is 0 Å². The molecule has 1 N–H and O–H groups in total. The van der Waals surface area contributed by atoms with Gasteiger partial charge in [0.2, 0.25) is 0 Å². The second-order valence-electron chi connectivity index (χ2n) is 7.98. The summed E-state index contributed by atoms with van der Waals surface area (Å²) in [7, 11) is 1.85. The van der Waals surface area contributed by atoms with Gasteiger partial charge in [0.05, 0.1) is 12.4 Å². The zero-order valence-electron chi connectivity index (χ0n) is 16.5. The van der Waals surface area contributed by atoms with Crippen LogP contribution in [0.5, 0.6) is 0 Å². The molecule has 28 heavy (non-hydrogen) atoms. The molecule has 1 aliphatic heterocycles. The van der Waals surface area contributed by atoms with Gasteiger partial charge in [-0.05, 0) is 42.9 Å². The number of benzene rings is 1. The van der Waals surface area contributed by atoms with Crippen LogP contribution in [0.4, 0.5) is 4.39 Å². The van der Waals surface area contributed by atoms with Crippen molar-refractivity contribution in [2.24, 2.45) is 10.9 Å². The number of hydrogen-bond acceptors (Lipinski definition) is 2. The fourth-order valence-corrected chi connectivity index (χ4v) is 4.20. The van der Waals surface area contributed by atoms with E-state index in [1.165, 1.54) is 5.56 Å². The number of imidazole rings is 1. The molecule has 1 saturated heterocycles. The van der Waals surface area contributed by atoms with E-state index in [4.69, 9.17) is 0 Å². The third-order valence-electron chi connectivity index (χ3n) is 6.23. The van der Waals surface area contributed by atoms with Gasteiger partial charge in [0.1, 0.15) is 5.82 Å². The van der Waals surface area contributed by atoms with E-state index in [1.807, 2.05) is 31.7 Å². The maximum absolute atomic E-state index is 13.2. The average molecular weight is 497 g/mol. The first-order valence-corrected chi connectivity index (χ1v) is 9.80. The van der Waals surface area contributed by atoms with Crippen molar-refractivity contribution in [1.29, 1.82) is 0 Å². The van der Waals surface area contributed by atoms with E-state index in [-0.39, 0.29) is 35.2 Å². The first-order chi connectivity index (χ1) is 13.1. The van der Waals surface area contributed by atoms with Gasteiger partial charge in [-0.3, -0.25) is 4.99 Å². The smallest absolute Gasteiger partial charge is 0.193 e. The van der Waals surface area contributed by atoms with Crippen LogP contribution in [0.2, 0.25) is 0 Å². The van der Waals surface area contributed by atoms with Gasteiger partial charge in [-0.2, -0.15) is 0 Å². The van der Waals surface area contributed by atoms with Crippen molar-refractivity contribution in [3.8, 4) is 0 Å². The minimum Gasteiger partial charge on any atom is -0.355 e. The van der Waals surface area contributed by atoms with E-state index in [0.29, 0.717) is 12.0 Å². The van der Waals surface area contributed by atoms with Crippen molar-refractivity contribution < 1.29 is 4.39 Å². The lowest BCUT2D eigenvalue weighted by molar-refractivity contribution is 0.189. The second kappa shape index (κ2) is 8.80. The van der Waals surface area contributed by atoms with E-state index in [2.05, 4.69) is 37.9 Å². The number of guanidine groups is 1. The Kier molecular flexibility index (Phi) is 6.62. The second-order valence-corrected chi connectivity index (χ2v) is 7.98. The molecule has 2 aliphatic rings. The highest BCUT2D eigenvalue weighted by Gasteiger charge is 2.44. The normalized spacial score (nSPS) is 23.8. The summed E-state index contributed by atoms with van der Waals surface area (Å²) < 4.78 is 15.5. The molecule has 1 aliphatic carbocycles. The predicted octanol–water partition coefficient (Wildman–Crippen LogP) is 3.83. The van der Waals surface area contributed by atoms with Gasteiger partial charge in [0.25, 0.3) is 0 Å². The summed E-state index contributed by atoms with van der Waals surface area (Å²) in [6.45, 7) is 5.09. The van der Waals surface area contributed by atoms with E-state index in [0.717, 1.165) is 44.9 Å². The van der Waals surface area contributed by atoms with Gasteiger partial charge in [0, 0.05) is 44.5 Å². The summed E-state index contributed by atoms with van der Waals surface area (Å²) in [6, 6.07) is 7.37. The number of halogens is 2. The molecule has 0 amide bonds. The highest BCUT2D eigenvalue weighted by atomic mass is 127. The van der Waals surface area contributed by atoms with Crippen LogP contribution in [0.25, 0.3) is 0 Å². The lowest BCUT2D eigenvalue weighted by Gasteiger charge is -2.39. The predicted molar refractivity (Wildman–Crippen MR) is 121 cm³/mol. The van der Waals surface area contributed by atoms with E-state index in [9.17, 15) is 4.39 Å². The molecule has 5 nitrogen and oxygen atoms in total. The van der Waals surface area contributed by atoms with Crippen molar-refractivity contribution >= 4 is 29.9 Å². The standard InChI is InChI=1S/C21H28FN5.HI/c1-16-7-11-26(13-19(16)27-12-10-24-15-27)20(23-2)25-14-21(8-9-21)17-3-5-18(22)6-4-17;/h3-6,10,12,15-16,19H,7-9,11,13-14H2,1-2H3,(H,23,25);1H. The third-order valence-corrected chi connectivity index (χ3v) is 6.23. The topological polar surface area (TPSA) is 45.5 Å². The van der Waals surface area contributed by atoms with Crippen LogP contribution in [-0.2, 0) is 5.41 Å². The number of aliphatic imine (C=N–C) groups is 1. The lowest BCUT2D eigenvalue weighted by Crippen LogP contribution is -2.50. The van der Waals surface area contributed by atoms with Crippen molar-refractivity contribution in [1.82, 2.24) is 19.8 Å². The number of aromatic nitrogens is 2. The van der Waals surface area contributed by atoms with Crippen LogP contribution >= 0.6 is 24.0 Å². The fourth-order valence-electron chi connectivity index (χ4n) is 4.20. The largest absolute Gasteiger partial charge is 0.355 e. The number of hydrogen-bond donors (Lipinski definition) is 1. The Morgan fingerprint density at radius 3 is 2.68 bits per heavy atom. The first kappa shape index (κ1) is 21.1. The minimum absolute atomic E-state index is 0. The Morgan fingerprint density at radius 1 is 1.32 bits per heavy atom. The summed E-state index contributed by atoms with van der Waals surface area (Å²) >= 11 is 0. The quantitative estimate of drug-likeness (QED) is 0.397. The van der Waals surface area contributed by atoms with Crippen LogP contribution in [0, 0.1) is 11.7 Å². The summed E-state index contributed by atoms with van der Waals surface area (Å²) in [5.41, 5.74) is 1.34. The average Bonchev–Trinajstić information content (AvgIpc) is 3.27. The van der Waals surface area contributed by atoms with E-state index >= 15 is 0 Å². The summed E-state index contributed by atoms with van der Waals surface area (Å²) in [4.78, 5) is 11.1. The molecule has 1 saturated carbocycles. The number of nitrogens with one attached hydrogen (secondary N) is 1. The Hall–Kier alpha value is -1.64. The molecule has 2 aromatic rings. The molecular weight excluding hydrogens is 468 g/mol. The maximum Gasteiger partial charge on any atom is 0.193 e. The summed E-state index contributed by atoms with van der Waals surface area (Å²) in [6.07, 6.45) is 9.21. The number of piperidine rings is 1. The Labute approximate surface area is 183 Å². The molecule has 7 heteroatoms. The van der Waals surface area contributed by atoms with Crippen LogP contribution < -0.4 is 5.32 Å². The fraction of sp³-hybridized carbons (Fsp3) is 0.524.